The van der Waals surface area contributed by atoms with Crippen LogP contribution in [0, 0.1) is 19.7 Å². The molecule has 1 aromatic carbocycles. The topological polar surface area (TPSA) is 64.7 Å². The van der Waals surface area contributed by atoms with E-state index in [-0.39, 0.29) is 11.8 Å². The molecule has 4 nitrogen and oxygen atoms in total. The number of aryl methyl sites for hydroxylation is 2. The van der Waals surface area contributed by atoms with Crippen LogP contribution in [0.3, 0.4) is 0 Å². The van der Waals surface area contributed by atoms with Gasteiger partial charge in [-0.3, -0.25) is 0 Å². The molecule has 0 aliphatic carbocycles. The van der Waals surface area contributed by atoms with Gasteiger partial charge in [-0.05, 0) is 25.5 Å². The molecule has 2 rings (SSSR count). The van der Waals surface area contributed by atoms with Gasteiger partial charge in [-0.15, -0.1) is 0 Å². The van der Waals surface area contributed by atoms with E-state index in [0.29, 0.717) is 22.8 Å². The van der Waals surface area contributed by atoms with E-state index in [2.05, 4.69) is 15.0 Å². The van der Waals surface area contributed by atoms with Crippen LogP contribution in [0.25, 0.3) is 11.4 Å². The zero-order valence-corrected chi connectivity index (χ0v) is 9.03. The molecular weight excluding hydrogens is 207 g/mol. The first-order valence-corrected chi connectivity index (χ1v) is 4.81. The molecule has 0 bridgehead atoms. The van der Waals surface area contributed by atoms with Crippen molar-refractivity contribution < 1.29 is 4.39 Å². The molecule has 0 fully saturated rings. The number of nitrogens with two attached hydrogens (primary N) is 1. The van der Waals surface area contributed by atoms with Crippen LogP contribution >= 0.6 is 0 Å². The number of aromatic nitrogens is 3. The fourth-order valence-corrected chi connectivity index (χ4v) is 1.36. The summed E-state index contributed by atoms with van der Waals surface area (Å²) in [6, 6.07) is 4.83. The van der Waals surface area contributed by atoms with Crippen molar-refractivity contribution in [3.63, 3.8) is 0 Å². The van der Waals surface area contributed by atoms with Crippen LogP contribution in [0.2, 0.25) is 0 Å². The van der Waals surface area contributed by atoms with Crippen molar-refractivity contribution in [2.75, 3.05) is 5.73 Å². The van der Waals surface area contributed by atoms with E-state index in [1.165, 1.54) is 6.07 Å². The van der Waals surface area contributed by atoms with Gasteiger partial charge in [0.2, 0.25) is 5.95 Å². The fourth-order valence-electron chi connectivity index (χ4n) is 1.36. The van der Waals surface area contributed by atoms with Crippen LogP contribution in [0.4, 0.5) is 10.3 Å². The number of hydrogen-bond donors (Lipinski definition) is 1. The normalized spacial score (nSPS) is 10.4. The Labute approximate surface area is 92.4 Å². The van der Waals surface area contributed by atoms with Gasteiger partial charge in [0.1, 0.15) is 11.6 Å². The molecule has 0 amide bonds. The Kier molecular flexibility index (Phi) is 2.52. The van der Waals surface area contributed by atoms with Crippen LogP contribution in [0.15, 0.2) is 18.2 Å². The van der Waals surface area contributed by atoms with Crippen molar-refractivity contribution in [2.24, 2.45) is 0 Å². The zero-order chi connectivity index (χ0) is 11.7. The summed E-state index contributed by atoms with van der Waals surface area (Å²) >= 11 is 0. The molecule has 0 unspecified atom stereocenters. The molecular formula is C11H11FN4. The molecule has 0 atom stereocenters. The number of nitrogen functional groups attached to an aromatic ring is 1. The predicted molar refractivity (Wildman–Crippen MR) is 59.1 cm³/mol. The van der Waals surface area contributed by atoms with Crippen LogP contribution in [0.5, 0.6) is 0 Å². The molecule has 16 heavy (non-hydrogen) atoms. The molecule has 82 valence electrons. The fraction of sp³-hybridized carbons (Fsp3) is 0.182. The largest absolute Gasteiger partial charge is 0.368 e. The third-order valence-corrected chi connectivity index (χ3v) is 2.19. The van der Waals surface area contributed by atoms with Gasteiger partial charge in [0, 0.05) is 5.56 Å². The maximum atomic E-state index is 13.4. The molecule has 0 aliphatic rings. The van der Waals surface area contributed by atoms with E-state index < -0.39 is 0 Å². The van der Waals surface area contributed by atoms with E-state index >= 15 is 0 Å². The number of halogens is 1. The van der Waals surface area contributed by atoms with E-state index in [1.807, 2.05) is 0 Å². The lowest BCUT2D eigenvalue weighted by Gasteiger charge is -2.03. The predicted octanol–water partition coefficient (Wildman–Crippen LogP) is 1.88. The Morgan fingerprint density at radius 2 is 1.88 bits per heavy atom. The Balaban J connectivity index is 2.54. The summed E-state index contributed by atoms with van der Waals surface area (Å²) in [6.45, 7) is 3.41. The second-order valence-corrected chi connectivity index (χ2v) is 3.53. The number of rotatable bonds is 1. The van der Waals surface area contributed by atoms with E-state index in [0.717, 1.165) is 0 Å². The van der Waals surface area contributed by atoms with Crippen molar-refractivity contribution in [2.45, 2.75) is 13.8 Å². The standard InChI is InChI=1S/C11H11FN4/c1-6-3-4-8(5-9(6)12)10-14-7(2)15-11(13)16-10/h3-5H,1-2H3,(H2,13,14,15,16). The molecule has 1 heterocycles. The second-order valence-electron chi connectivity index (χ2n) is 3.53. The van der Waals surface area contributed by atoms with Crippen LogP contribution < -0.4 is 5.73 Å². The molecule has 5 heteroatoms. The first-order valence-electron chi connectivity index (χ1n) is 4.81. The monoisotopic (exact) mass is 218 g/mol. The third-order valence-electron chi connectivity index (χ3n) is 2.19. The van der Waals surface area contributed by atoms with Gasteiger partial charge in [-0.2, -0.15) is 9.97 Å². The van der Waals surface area contributed by atoms with Crippen molar-refractivity contribution in [1.29, 1.82) is 0 Å². The molecule has 0 saturated carbocycles. The summed E-state index contributed by atoms with van der Waals surface area (Å²) < 4.78 is 13.4. The molecule has 2 aromatic rings. The summed E-state index contributed by atoms with van der Waals surface area (Å²) in [5.74, 6) is 0.769. The second kappa shape index (κ2) is 3.84. The SMILES string of the molecule is Cc1nc(N)nc(-c2ccc(C)c(F)c2)n1. The van der Waals surface area contributed by atoms with Gasteiger partial charge >= 0.3 is 0 Å². The summed E-state index contributed by atoms with van der Waals surface area (Å²) in [6.07, 6.45) is 0. The first kappa shape index (κ1) is 10.5. The molecule has 0 aliphatic heterocycles. The lowest BCUT2D eigenvalue weighted by Crippen LogP contribution is -2.02. The minimum Gasteiger partial charge on any atom is -0.368 e. The van der Waals surface area contributed by atoms with Crippen molar-refractivity contribution in [1.82, 2.24) is 15.0 Å². The Hall–Kier alpha value is -2.04. The van der Waals surface area contributed by atoms with Gasteiger partial charge in [0.25, 0.3) is 0 Å². The van der Waals surface area contributed by atoms with Crippen molar-refractivity contribution >= 4 is 5.95 Å². The van der Waals surface area contributed by atoms with Gasteiger partial charge in [0.05, 0.1) is 0 Å². The summed E-state index contributed by atoms with van der Waals surface area (Å²) in [7, 11) is 0. The first-order chi connectivity index (χ1) is 7.56. The quantitative estimate of drug-likeness (QED) is 0.793. The number of anilines is 1. The minimum atomic E-state index is -0.283. The number of benzene rings is 1. The Bertz CT molecular complexity index is 519. The van der Waals surface area contributed by atoms with Crippen molar-refractivity contribution in [3.05, 3.63) is 35.4 Å². The third kappa shape index (κ3) is 1.98. The maximum Gasteiger partial charge on any atom is 0.223 e. The Morgan fingerprint density at radius 3 is 2.50 bits per heavy atom. The highest BCUT2D eigenvalue weighted by Gasteiger charge is 2.06. The lowest BCUT2D eigenvalue weighted by atomic mass is 10.1. The van der Waals surface area contributed by atoms with E-state index in [1.54, 1.807) is 26.0 Å². The molecule has 2 N–H and O–H groups in total. The average Bonchev–Trinajstić information content (AvgIpc) is 2.20. The minimum absolute atomic E-state index is 0.142. The molecule has 0 spiro atoms. The lowest BCUT2D eigenvalue weighted by molar-refractivity contribution is 0.619. The Morgan fingerprint density at radius 1 is 1.12 bits per heavy atom. The van der Waals surface area contributed by atoms with Crippen LogP contribution in [0.1, 0.15) is 11.4 Å². The zero-order valence-electron chi connectivity index (χ0n) is 9.03. The van der Waals surface area contributed by atoms with Crippen LogP contribution in [-0.2, 0) is 0 Å². The average molecular weight is 218 g/mol. The molecule has 0 saturated heterocycles. The van der Waals surface area contributed by atoms with Gasteiger partial charge < -0.3 is 5.73 Å². The molecule has 1 aromatic heterocycles. The van der Waals surface area contributed by atoms with Gasteiger partial charge in [-0.1, -0.05) is 12.1 Å². The summed E-state index contributed by atoms with van der Waals surface area (Å²) in [4.78, 5) is 11.9. The smallest absolute Gasteiger partial charge is 0.223 e. The van der Waals surface area contributed by atoms with E-state index in [9.17, 15) is 4.39 Å². The van der Waals surface area contributed by atoms with E-state index in [4.69, 9.17) is 5.73 Å². The molecule has 0 radical (unpaired) electrons. The maximum absolute atomic E-state index is 13.4. The van der Waals surface area contributed by atoms with Gasteiger partial charge in [-0.25, -0.2) is 9.37 Å². The highest BCUT2D eigenvalue weighted by Crippen LogP contribution is 2.18. The summed E-state index contributed by atoms with van der Waals surface area (Å²) in [5, 5.41) is 0. The number of nitrogens with zero attached hydrogens (tertiary/aromatic N) is 3. The van der Waals surface area contributed by atoms with Crippen molar-refractivity contribution in [3.8, 4) is 11.4 Å². The van der Waals surface area contributed by atoms with Gasteiger partial charge in [0.15, 0.2) is 5.82 Å². The van der Waals surface area contributed by atoms with Crippen LogP contribution in [-0.4, -0.2) is 15.0 Å². The highest BCUT2D eigenvalue weighted by molar-refractivity contribution is 5.56. The summed E-state index contributed by atoms with van der Waals surface area (Å²) in [5.41, 5.74) is 6.69. The number of hydrogen-bond acceptors (Lipinski definition) is 4. The highest BCUT2D eigenvalue weighted by atomic mass is 19.1.